The average Bonchev–Trinajstić information content (AvgIpc) is 2.48. The lowest BCUT2D eigenvalue weighted by atomic mass is 10.1. The minimum atomic E-state index is -0.804. The van der Waals surface area contributed by atoms with Crippen LogP contribution in [0.2, 0.25) is 0 Å². The lowest BCUT2D eigenvalue weighted by Crippen LogP contribution is -2.52. The Kier molecular flexibility index (Phi) is 9.36. The van der Waals surface area contributed by atoms with Gasteiger partial charge in [0.05, 0.1) is 0 Å². The van der Waals surface area contributed by atoms with Crippen LogP contribution < -0.4 is 27.4 Å². The summed E-state index contributed by atoms with van der Waals surface area (Å²) >= 11 is 0. The summed E-state index contributed by atoms with van der Waals surface area (Å²) in [6.45, 7) is 5.46. The molecule has 0 saturated carbocycles. The summed E-state index contributed by atoms with van der Waals surface area (Å²) in [7, 11) is 1.56. The monoisotopic (exact) mass is 328 g/mol. The fourth-order valence-electron chi connectivity index (χ4n) is 1.59. The highest BCUT2D eigenvalue weighted by atomic mass is 16.2. The van der Waals surface area contributed by atoms with Gasteiger partial charge in [-0.05, 0) is 19.8 Å². The first-order valence-electron chi connectivity index (χ1n) is 7.55. The van der Waals surface area contributed by atoms with Crippen molar-refractivity contribution in [3.8, 4) is 0 Å². The Balaban J connectivity index is 4.64. The molecule has 0 fully saturated rings. The molecule has 0 rings (SSSR count). The molecule has 7 N–H and O–H groups in total. The number of hydrogen-bond donors (Lipinski definition) is 5. The summed E-state index contributed by atoms with van der Waals surface area (Å²) in [4.78, 5) is 38.8. The van der Waals surface area contributed by atoms with Crippen molar-refractivity contribution in [2.45, 2.75) is 45.7 Å². The van der Waals surface area contributed by atoms with Gasteiger partial charge in [0.25, 0.3) is 0 Å². The average molecular weight is 328 g/mol. The fraction of sp³-hybridized carbons (Fsp3) is 0.714. The quantitative estimate of drug-likeness (QED) is 0.197. The van der Waals surface area contributed by atoms with Crippen molar-refractivity contribution in [3.05, 3.63) is 0 Å². The molecule has 0 aromatic carbocycles. The second-order valence-corrected chi connectivity index (χ2v) is 5.53. The fourth-order valence-corrected chi connectivity index (χ4v) is 1.59. The van der Waals surface area contributed by atoms with Crippen LogP contribution in [0, 0.1) is 5.92 Å². The number of hydrogen-bond acceptors (Lipinski definition) is 4. The summed E-state index contributed by atoms with van der Waals surface area (Å²) in [5, 5.41) is 8.03. The normalized spacial score (nSPS) is 14.0. The molecule has 23 heavy (non-hydrogen) atoms. The maximum Gasteiger partial charge on any atom is 0.243 e. The molecule has 0 spiro atoms. The molecule has 0 radical (unpaired) electrons. The van der Waals surface area contributed by atoms with Crippen LogP contribution in [0.1, 0.15) is 33.6 Å². The van der Waals surface area contributed by atoms with Gasteiger partial charge in [0.1, 0.15) is 12.1 Å². The van der Waals surface area contributed by atoms with E-state index < -0.39 is 23.9 Å². The molecule has 3 amide bonds. The van der Waals surface area contributed by atoms with E-state index in [1.54, 1.807) is 20.9 Å². The van der Waals surface area contributed by atoms with Gasteiger partial charge >= 0.3 is 0 Å². The van der Waals surface area contributed by atoms with Crippen LogP contribution in [0.4, 0.5) is 0 Å². The number of carbonyl (C=O) groups is 3. The van der Waals surface area contributed by atoms with Gasteiger partial charge in [0.15, 0.2) is 5.96 Å². The van der Waals surface area contributed by atoms with Gasteiger partial charge in [-0.1, -0.05) is 13.8 Å². The highest BCUT2D eigenvalue weighted by Crippen LogP contribution is 2.01. The van der Waals surface area contributed by atoms with Crippen molar-refractivity contribution in [3.63, 3.8) is 0 Å². The Bertz CT molecular complexity index is 450. The molecule has 0 aromatic heterocycles. The minimum absolute atomic E-state index is 0.237. The van der Waals surface area contributed by atoms with E-state index in [-0.39, 0.29) is 11.8 Å². The maximum absolute atomic E-state index is 12.2. The van der Waals surface area contributed by atoms with Crippen LogP contribution in [0.3, 0.4) is 0 Å². The van der Waals surface area contributed by atoms with E-state index in [0.29, 0.717) is 25.3 Å². The second kappa shape index (κ2) is 10.4. The van der Waals surface area contributed by atoms with Crippen molar-refractivity contribution < 1.29 is 14.4 Å². The largest absolute Gasteiger partial charge is 0.370 e. The molecular weight excluding hydrogens is 300 g/mol. The Hall–Kier alpha value is -2.32. The number of guanidine groups is 1. The highest BCUT2D eigenvalue weighted by Gasteiger charge is 2.24. The van der Waals surface area contributed by atoms with E-state index in [4.69, 9.17) is 11.5 Å². The van der Waals surface area contributed by atoms with E-state index >= 15 is 0 Å². The predicted molar refractivity (Wildman–Crippen MR) is 88.4 cm³/mol. The molecule has 0 saturated heterocycles. The van der Waals surface area contributed by atoms with Crippen LogP contribution >= 0.6 is 0 Å². The third-order valence-electron chi connectivity index (χ3n) is 3.16. The molecule has 9 heteroatoms. The first kappa shape index (κ1) is 20.7. The lowest BCUT2D eigenvalue weighted by molar-refractivity contribution is -0.132. The molecular formula is C14H28N6O3. The zero-order valence-corrected chi connectivity index (χ0v) is 14.2. The summed E-state index contributed by atoms with van der Waals surface area (Å²) in [5.41, 5.74) is 10.6. The zero-order valence-electron chi connectivity index (χ0n) is 14.2. The molecule has 2 unspecified atom stereocenters. The summed E-state index contributed by atoms with van der Waals surface area (Å²) < 4.78 is 0. The van der Waals surface area contributed by atoms with Crippen LogP contribution in [0.15, 0.2) is 4.99 Å². The number of nitrogens with two attached hydrogens (primary N) is 2. The van der Waals surface area contributed by atoms with Crippen molar-refractivity contribution in [1.29, 1.82) is 0 Å². The Labute approximate surface area is 136 Å². The molecule has 0 aliphatic heterocycles. The van der Waals surface area contributed by atoms with Gasteiger partial charge in [0, 0.05) is 19.5 Å². The minimum Gasteiger partial charge on any atom is -0.370 e. The predicted octanol–water partition coefficient (Wildman–Crippen LogP) is -1.57. The molecule has 132 valence electrons. The van der Waals surface area contributed by atoms with Crippen LogP contribution in [0.25, 0.3) is 0 Å². The topological polar surface area (TPSA) is 152 Å². The summed E-state index contributed by atoms with van der Waals surface area (Å²) in [6, 6.07) is -1.55. The van der Waals surface area contributed by atoms with Gasteiger partial charge in [-0.3, -0.25) is 19.4 Å². The van der Waals surface area contributed by atoms with Crippen molar-refractivity contribution in [1.82, 2.24) is 16.0 Å². The number of aliphatic imine (C=N–C) groups is 1. The molecule has 2 atom stereocenters. The Morgan fingerprint density at radius 3 is 2.13 bits per heavy atom. The van der Waals surface area contributed by atoms with Gasteiger partial charge in [0.2, 0.25) is 17.7 Å². The number of nitrogens with zero attached hydrogens (tertiary/aromatic N) is 1. The first-order valence-corrected chi connectivity index (χ1v) is 7.55. The number of primary amides is 1. The van der Waals surface area contributed by atoms with E-state index in [1.807, 2.05) is 0 Å². The van der Waals surface area contributed by atoms with E-state index in [0.717, 1.165) is 0 Å². The number of nitrogens with one attached hydrogen (secondary N) is 3. The maximum atomic E-state index is 12.2. The van der Waals surface area contributed by atoms with Crippen molar-refractivity contribution in [2.75, 3.05) is 13.6 Å². The standard InChI is InChI=1S/C14H28N6O3/c1-8(2)12(22)20-10(6-5-7-18-14(16)17-4)13(23)19-9(3)11(15)21/h8-10H,5-7H2,1-4H3,(H2,15,21)(H,19,23)(H,20,22)(H3,16,17,18). The number of amides is 3. The Morgan fingerprint density at radius 1 is 1.04 bits per heavy atom. The second-order valence-electron chi connectivity index (χ2n) is 5.53. The van der Waals surface area contributed by atoms with E-state index in [9.17, 15) is 14.4 Å². The molecule has 0 aromatic rings. The summed E-state index contributed by atoms with van der Waals surface area (Å²) in [6.07, 6.45) is 0.970. The van der Waals surface area contributed by atoms with E-state index in [1.165, 1.54) is 6.92 Å². The SMILES string of the molecule is CN=C(N)NCCCC(NC(=O)C(C)C)C(=O)NC(C)C(N)=O. The van der Waals surface area contributed by atoms with Crippen molar-refractivity contribution in [2.24, 2.45) is 22.4 Å². The molecule has 0 aliphatic rings. The van der Waals surface area contributed by atoms with Gasteiger partial charge in [-0.25, -0.2) is 0 Å². The number of carbonyl (C=O) groups excluding carboxylic acids is 3. The number of rotatable bonds is 9. The van der Waals surface area contributed by atoms with Crippen LogP contribution in [0.5, 0.6) is 0 Å². The highest BCUT2D eigenvalue weighted by molar-refractivity contribution is 5.91. The molecule has 0 heterocycles. The van der Waals surface area contributed by atoms with Gasteiger partial charge < -0.3 is 27.4 Å². The zero-order chi connectivity index (χ0) is 18.0. The van der Waals surface area contributed by atoms with E-state index in [2.05, 4.69) is 20.9 Å². The third-order valence-corrected chi connectivity index (χ3v) is 3.16. The molecule has 0 aliphatic carbocycles. The van der Waals surface area contributed by atoms with Crippen molar-refractivity contribution >= 4 is 23.7 Å². The van der Waals surface area contributed by atoms with Crippen LogP contribution in [-0.4, -0.2) is 49.4 Å². The Morgan fingerprint density at radius 2 is 1.65 bits per heavy atom. The molecule has 0 bridgehead atoms. The van der Waals surface area contributed by atoms with Crippen LogP contribution in [-0.2, 0) is 14.4 Å². The third kappa shape index (κ3) is 8.64. The first-order chi connectivity index (χ1) is 10.7. The molecule has 9 nitrogen and oxygen atoms in total. The summed E-state index contributed by atoms with van der Waals surface area (Å²) in [5.74, 6) is -1.26. The smallest absolute Gasteiger partial charge is 0.243 e. The van der Waals surface area contributed by atoms with Gasteiger partial charge in [-0.2, -0.15) is 0 Å². The van der Waals surface area contributed by atoms with Gasteiger partial charge in [-0.15, -0.1) is 0 Å². The lowest BCUT2D eigenvalue weighted by Gasteiger charge is -2.21.